The first-order chi connectivity index (χ1) is 12.2. The lowest BCUT2D eigenvalue weighted by Gasteiger charge is -2.32. The van der Waals surface area contributed by atoms with Crippen molar-refractivity contribution in [3.05, 3.63) is 76.5 Å². The Kier molecular flexibility index (Phi) is 3.72. The van der Waals surface area contributed by atoms with Crippen LogP contribution in [0.5, 0.6) is 0 Å². The zero-order valence-electron chi connectivity index (χ0n) is 15.3. The second-order valence-electron chi connectivity index (χ2n) is 7.73. The van der Waals surface area contributed by atoms with Crippen molar-refractivity contribution in [1.82, 2.24) is 0 Å². The Hall–Kier alpha value is -2.24. The Balaban J connectivity index is 1.93. The predicted octanol–water partition coefficient (Wildman–Crippen LogP) is 4.59. The topological polar surface area (TPSA) is 35.5 Å². The van der Waals surface area contributed by atoms with E-state index in [0.29, 0.717) is 27.8 Å². The lowest BCUT2D eigenvalue weighted by atomic mass is 9.74. The first-order valence-corrected chi connectivity index (χ1v) is 8.72. The van der Waals surface area contributed by atoms with E-state index in [9.17, 15) is 4.79 Å². The summed E-state index contributed by atoms with van der Waals surface area (Å²) < 4.78 is 27.5. The van der Waals surface area contributed by atoms with Crippen molar-refractivity contribution in [2.75, 3.05) is 0 Å². The van der Waals surface area contributed by atoms with E-state index >= 15 is 4.39 Å². The van der Waals surface area contributed by atoms with Crippen molar-refractivity contribution in [2.45, 2.75) is 38.9 Å². The predicted molar refractivity (Wildman–Crippen MR) is 99.5 cm³/mol. The van der Waals surface area contributed by atoms with Crippen LogP contribution in [0, 0.1) is 0 Å². The number of hydrogen-bond acceptors (Lipinski definition) is 3. The molecule has 5 heteroatoms. The van der Waals surface area contributed by atoms with Crippen molar-refractivity contribution in [3.63, 3.8) is 0 Å². The van der Waals surface area contributed by atoms with Gasteiger partial charge in [0.05, 0.1) is 11.2 Å². The fraction of sp³-hybridized carbons (Fsp3) is 0.286. The number of carbonyl (C=O) groups is 1. The minimum Gasteiger partial charge on any atom is -0.398 e. The normalized spacial score (nSPS) is 20.0. The van der Waals surface area contributed by atoms with Crippen LogP contribution in [0.25, 0.3) is 5.57 Å². The first-order valence-electron chi connectivity index (χ1n) is 8.72. The maximum atomic E-state index is 15.7. The summed E-state index contributed by atoms with van der Waals surface area (Å²) in [6, 6.07) is 14.2. The van der Waals surface area contributed by atoms with E-state index in [2.05, 4.69) is 0 Å². The largest absolute Gasteiger partial charge is 0.525 e. The lowest BCUT2D eigenvalue weighted by Crippen LogP contribution is -2.41. The van der Waals surface area contributed by atoms with E-state index < -0.39 is 24.0 Å². The third-order valence-electron chi connectivity index (χ3n) is 5.58. The number of halogens is 1. The van der Waals surface area contributed by atoms with Gasteiger partial charge in [-0.05, 0) is 38.8 Å². The fourth-order valence-corrected chi connectivity index (χ4v) is 3.41. The smallest absolute Gasteiger partial charge is 0.398 e. The van der Waals surface area contributed by atoms with Crippen molar-refractivity contribution < 1.29 is 18.5 Å². The maximum Gasteiger partial charge on any atom is 0.525 e. The highest BCUT2D eigenvalue weighted by Crippen LogP contribution is 2.43. The standard InChI is InChI=1S/C21H20BFO3/c1-20(2)21(3,4)26-22(25-20)19(23)17-13-9-5-7-11-15(13)18(24)16-12-8-6-10-14(16)17/h5-12H,1-4H3. The van der Waals surface area contributed by atoms with Gasteiger partial charge in [-0.25, -0.2) is 4.39 Å². The van der Waals surface area contributed by atoms with Crippen LogP contribution < -0.4 is 0 Å². The van der Waals surface area contributed by atoms with Gasteiger partial charge in [-0.1, -0.05) is 48.5 Å². The maximum absolute atomic E-state index is 15.7. The molecule has 0 N–H and O–H groups in total. The Morgan fingerprint density at radius 1 is 0.808 bits per heavy atom. The minimum absolute atomic E-state index is 0.0957. The molecule has 2 aromatic carbocycles. The Bertz CT molecular complexity index is 878. The Labute approximate surface area is 153 Å². The van der Waals surface area contributed by atoms with Gasteiger partial charge >= 0.3 is 7.12 Å². The molecule has 1 saturated heterocycles. The van der Waals surface area contributed by atoms with E-state index in [-0.39, 0.29) is 5.78 Å². The summed E-state index contributed by atoms with van der Waals surface area (Å²) >= 11 is 0. The second kappa shape index (κ2) is 5.63. The fourth-order valence-electron chi connectivity index (χ4n) is 3.41. The molecule has 0 spiro atoms. The highest BCUT2D eigenvalue weighted by Gasteiger charge is 2.54. The SMILES string of the molecule is CC1(C)OB(C(F)=C2c3ccccc3C(=O)c3ccccc32)OC1(C)C. The van der Waals surface area contributed by atoms with Crippen molar-refractivity contribution in [1.29, 1.82) is 0 Å². The molecule has 0 aromatic heterocycles. The molecule has 1 heterocycles. The van der Waals surface area contributed by atoms with E-state index in [1.54, 1.807) is 48.5 Å². The molecule has 3 nitrogen and oxygen atoms in total. The van der Waals surface area contributed by atoms with E-state index in [1.807, 2.05) is 27.7 Å². The molecule has 2 aromatic rings. The molecule has 1 aliphatic heterocycles. The molecule has 1 fully saturated rings. The van der Waals surface area contributed by atoms with Crippen molar-refractivity contribution >= 4 is 18.5 Å². The molecule has 0 atom stereocenters. The Morgan fingerprint density at radius 2 is 1.19 bits per heavy atom. The quantitative estimate of drug-likeness (QED) is 0.602. The molecule has 26 heavy (non-hydrogen) atoms. The summed E-state index contributed by atoms with van der Waals surface area (Å²) in [5.74, 6) is -0.0957. The van der Waals surface area contributed by atoms with Gasteiger partial charge in [0.2, 0.25) is 0 Å². The van der Waals surface area contributed by atoms with Crippen LogP contribution in [-0.2, 0) is 9.31 Å². The van der Waals surface area contributed by atoms with Gasteiger partial charge in [-0.2, -0.15) is 0 Å². The molecule has 4 rings (SSSR count). The Morgan fingerprint density at radius 3 is 1.62 bits per heavy atom. The van der Waals surface area contributed by atoms with Crippen LogP contribution in [0.15, 0.2) is 54.3 Å². The molecule has 0 bridgehead atoms. The van der Waals surface area contributed by atoms with E-state index in [1.165, 1.54) is 0 Å². The van der Waals surface area contributed by atoms with E-state index in [0.717, 1.165) is 0 Å². The van der Waals surface area contributed by atoms with Gasteiger partial charge in [0, 0.05) is 16.7 Å². The summed E-state index contributed by atoms with van der Waals surface area (Å²) in [4.78, 5) is 12.8. The highest BCUT2D eigenvalue weighted by molar-refractivity contribution is 6.55. The highest BCUT2D eigenvalue weighted by atomic mass is 19.1. The van der Waals surface area contributed by atoms with Crippen LogP contribution in [0.3, 0.4) is 0 Å². The van der Waals surface area contributed by atoms with Gasteiger partial charge in [0.25, 0.3) is 0 Å². The second-order valence-corrected chi connectivity index (χ2v) is 7.73. The number of fused-ring (bicyclic) bond motifs is 2. The summed E-state index contributed by atoms with van der Waals surface area (Å²) in [5, 5.41) is 0. The van der Waals surface area contributed by atoms with Gasteiger partial charge in [0.1, 0.15) is 5.73 Å². The molecule has 0 amide bonds. The zero-order valence-corrected chi connectivity index (χ0v) is 15.3. The molecular weight excluding hydrogens is 330 g/mol. The third kappa shape index (κ3) is 2.38. The van der Waals surface area contributed by atoms with Crippen LogP contribution >= 0.6 is 0 Å². The molecular formula is C21H20BFO3. The van der Waals surface area contributed by atoms with Gasteiger partial charge < -0.3 is 9.31 Å². The van der Waals surface area contributed by atoms with Crippen molar-refractivity contribution in [3.8, 4) is 0 Å². The third-order valence-corrected chi connectivity index (χ3v) is 5.58. The van der Waals surface area contributed by atoms with E-state index in [4.69, 9.17) is 9.31 Å². The summed E-state index contributed by atoms with van der Waals surface area (Å²) in [6.07, 6.45) is 0. The minimum atomic E-state index is -1.11. The molecule has 1 aliphatic carbocycles. The average Bonchev–Trinajstić information content (AvgIpc) is 2.83. The molecule has 0 radical (unpaired) electrons. The summed E-state index contributed by atoms with van der Waals surface area (Å²) in [6.45, 7) is 7.54. The van der Waals surface area contributed by atoms with Gasteiger partial charge in [-0.15, -0.1) is 0 Å². The first kappa shape index (κ1) is 17.2. The monoisotopic (exact) mass is 350 g/mol. The van der Waals surface area contributed by atoms with Gasteiger partial charge in [0.15, 0.2) is 5.78 Å². The molecule has 0 saturated carbocycles. The summed E-state index contributed by atoms with van der Waals surface area (Å²) in [7, 11) is -1.11. The van der Waals surface area contributed by atoms with Crippen LogP contribution in [0.2, 0.25) is 0 Å². The average molecular weight is 350 g/mol. The van der Waals surface area contributed by atoms with Gasteiger partial charge in [-0.3, -0.25) is 4.79 Å². The van der Waals surface area contributed by atoms with Crippen LogP contribution in [0.4, 0.5) is 4.39 Å². The van der Waals surface area contributed by atoms with Crippen LogP contribution in [-0.4, -0.2) is 24.1 Å². The number of rotatable bonds is 1. The van der Waals surface area contributed by atoms with Crippen molar-refractivity contribution in [2.24, 2.45) is 0 Å². The molecule has 2 aliphatic rings. The number of carbonyl (C=O) groups excluding carboxylic acids is 1. The number of ketones is 1. The number of benzene rings is 2. The zero-order chi connectivity index (χ0) is 18.7. The number of hydrogen-bond donors (Lipinski definition) is 0. The molecule has 132 valence electrons. The lowest BCUT2D eigenvalue weighted by molar-refractivity contribution is 0.00578. The molecule has 0 unspecified atom stereocenters. The van der Waals surface area contributed by atoms with Crippen LogP contribution in [0.1, 0.15) is 54.7 Å². The summed E-state index contributed by atoms with van der Waals surface area (Å²) in [5.41, 5.74) is 0.718.